The number of halogens is 2. The summed E-state index contributed by atoms with van der Waals surface area (Å²) in [4.78, 5) is 22.4. The molecular formula is C17H14Cl2N8O3S. The monoisotopic (exact) mass is 480 g/mol. The van der Waals surface area contributed by atoms with Crippen molar-refractivity contribution in [3.63, 3.8) is 0 Å². The molecule has 11 nitrogen and oxygen atoms in total. The molecule has 2 aromatic carbocycles. The van der Waals surface area contributed by atoms with Crippen LogP contribution in [0.1, 0.15) is 5.56 Å². The SMILES string of the molecule is Nn1c(N/N=C/c2cccc(Cl)c2Cl)nnc1SCC(=O)Nc1cccc([N+](=O)[O-])c1. The van der Waals surface area contributed by atoms with Crippen LogP contribution in [-0.4, -0.2) is 37.7 Å². The average Bonchev–Trinajstić information content (AvgIpc) is 3.09. The van der Waals surface area contributed by atoms with Crippen molar-refractivity contribution in [2.75, 3.05) is 22.3 Å². The molecule has 3 aromatic rings. The van der Waals surface area contributed by atoms with Gasteiger partial charge in [-0.25, -0.2) is 10.1 Å². The minimum atomic E-state index is -0.543. The highest BCUT2D eigenvalue weighted by Crippen LogP contribution is 2.24. The number of carbonyl (C=O) groups excluding carboxylic acids is 1. The summed E-state index contributed by atoms with van der Waals surface area (Å²) in [6.45, 7) is 0. The zero-order valence-electron chi connectivity index (χ0n) is 15.5. The number of amides is 1. The van der Waals surface area contributed by atoms with Crippen molar-refractivity contribution in [2.45, 2.75) is 5.16 Å². The highest BCUT2D eigenvalue weighted by molar-refractivity contribution is 7.99. The topological polar surface area (TPSA) is 153 Å². The standard InChI is InChI=1S/C17H14Cl2N8O3S/c18-13-6-1-3-10(15(13)19)8-21-23-16-24-25-17(26(16)20)31-9-14(28)22-11-4-2-5-12(7-11)27(29)30/h1-8H,9,20H2,(H,22,28)(H,23,24)/b21-8+. The summed E-state index contributed by atoms with van der Waals surface area (Å²) in [5, 5.41) is 26.1. The van der Waals surface area contributed by atoms with E-state index in [1.165, 1.54) is 24.4 Å². The lowest BCUT2D eigenvalue weighted by Gasteiger charge is -2.05. The summed E-state index contributed by atoms with van der Waals surface area (Å²) >= 11 is 13.1. The molecular weight excluding hydrogens is 467 g/mol. The molecule has 1 aromatic heterocycles. The second kappa shape index (κ2) is 10.1. The number of anilines is 2. The van der Waals surface area contributed by atoms with Crippen LogP contribution in [0.15, 0.2) is 52.7 Å². The van der Waals surface area contributed by atoms with Gasteiger partial charge in [0.25, 0.3) is 11.6 Å². The second-order valence-electron chi connectivity index (χ2n) is 5.83. The summed E-state index contributed by atoms with van der Waals surface area (Å²) in [5.74, 6) is 5.61. The summed E-state index contributed by atoms with van der Waals surface area (Å²) in [5.41, 5.74) is 3.41. The second-order valence-corrected chi connectivity index (χ2v) is 7.56. The lowest BCUT2D eigenvalue weighted by atomic mass is 10.2. The number of nitrogens with two attached hydrogens (primary N) is 1. The molecule has 160 valence electrons. The van der Waals surface area contributed by atoms with Gasteiger partial charge in [0, 0.05) is 23.4 Å². The maximum Gasteiger partial charge on any atom is 0.271 e. The number of nitrogens with one attached hydrogen (secondary N) is 2. The predicted octanol–water partition coefficient (Wildman–Crippen LogP) is 3.38. The Morgan fingerprint density at radius 1 is 1.29 bits per heavy atom. The number of hydrazone groups is 1. The van der Waals surface area contributed by atoms with Crippen LogP contribution in [0.5, 0.6) is 0 Å². The van der Waals surface area contributed by atoms with E-state index < -0.39 is 10.8 Å². The molecule has 0 radical (unpaired) electrons. The maximum atomic E-state index is 12.1. The summed E-state index contributed by atoms with van der Waals surface area (Å²) in [6.07, 6.45) is 1.45. The zero-order chi connectivity index (χ0) is 22.4. The van der Waals surface area contributed by atoms with Crippen LogP contribution < -0.4 is 16.6 Å². The zero-order valence-corrected chi connectivity index (χ0v) is 17.9. The molecule has 0 unspecified atom stereocenters. The smallest absolute Gasteiger partial charge is 0.271 e. The quantitative estimate of drug-likeness (QED) is 0.146. The Labute approximate surface area is 189 Å². The van der Waals surface area contributed by atoms with E-state index in [2.05, 4.69) is 26.0 Å². The Kier molecular flexibility index (Phi) is 7.28. The molecule has 1 amide bonds. The molecule has 4 N–H and O–H groups in total. The minimum absolute atomic E-state index is 0.0422. The number of benzene rings is 2. The molecule has 3 rings (SSSR count). The number of nitrogens with zero attached hydrogens (tertiary/aromatic N) is 5. The van der Waals surface area contributed by atoms with Gasteiger partial charge in [-0.1, -0.05) is 53.2 Å². The number of nitro benzene ring substituents is 1. The van der Waals surface area contributed by atoms with E-state index in [-0.39, 0.29) is 22.5 Å². The largest absolute Gasteiger partial charge is 0.334 e. The molecule has 0 aliphatic heterocycles. The molecule has 0 bridgehead atoms. The van der Waals surface area contributed by atoms with Crippen molar-refractivity contribution in [2.24, 2.45) is 5.10 Å². The summed E-state index contributed by atoms with van der Waals surface area (Å²) in [7, 11) is 0. The third-order valence-corrected chi connectivity index (χ3v) is 5.46. The van der Waals surface area contributed by atoms with Gasteiger partial charge in [0.1, 0.15) is 0 Å². The number of carbonyl (C=O) groups is 1. The third-order valence-electron chi connectivity index (χ3n) is 3.69. The highest BCUT2D eigenvalue weighted by Gasteiger charge is 2.13. The predicted molar refractivity (Wildman–Crippen MR) is 120 cm³/mol. The number of hydrogen-bond donors (Lipinski definition) is 3. The Morgan fingerprint density at radius 3 is 2.84 bits per heavy atom. The molecule has 0 spiro atoms. The van der Waals surface area contributed by atoms with E-state index in [0.29, 0.717) is 21.3 Å². The number of thioether (sulfide) groups is 1. The summed E-state index contributed by atoms with van der Waals surface area (Å²) in [6, 6.07) is 10.7. The first kappa shape index (κ1) is 22.3. The summed E-state index contributed by atoms with van der Waals surface area (Å²) < 4.78 is 1.13. The molecule has 0 atom stereocenters. The Hall–Kier alpha value is -3.35. The van der Waals surface area contributed by atoms with Crippen molar-refractivity contribution in [1.29, 1.82) is 0 Å². The van der Waals surface area contributed by atoms with E-state index >= 15 is 0 Å². The molecule has 0 saturated carbocycles. The maximum absolute atomic E-state index is 12.1. The van der Waals surface area contributed by atoms with Crippen molar-refractivity contribution < 1.29 is 9.72 Å². The Bertz CT molecular complexity index is 1150. The normalized spacial score (nSPS) is 10.9. The van der Waals surface area contributed by atoms with Crippen molar-refractivity contribution >= 4 is 64.4 Å². The highest BCUT2D eigenvalue weighted by atomic mass is 35.5. The van der Waals surface area contributed by atoms with Gasteiger partial charge in [0.05, 0.1) is 26.9 Å². The number of nitrogen functional groups attached to an aromatic ring is 1. The number of nitro groups is 1. The molecule has 0 fully saturated rings. The first-order chi connectivity index (χ1) is 14.8. The third kappa shape index (κ3) is 5.84. The van der Waals surface area contributed by atoms with Crippen LogP contribution in [0.25, 0.3) is 0 Å². The molecule has 0 aliphatic rings. The number of aromatic nitrogens is 3. The fourth-order valence-electron chi connectivity index (χ4n) is 2.26. The average molecular weight is 481 g/mol. The van der Waals surface area contributed by atoms with Gasteiger partial charge in [-0.2, -0.15) is 5.10 Å². The van der Waals surface area contributed by atoms with E-state index in [0.717, 1.165) is 16.4 Å². The van der Waals surface area contributed by atoms with Crippen molar-refractivity contribution in [1.82, 2.24) is 14.9 Å². The lowest BCUT2D eigenvalue weighted by Crippen LogP contribution is -2.17. The van der Waals surface area contributed by atoms with Crippen LogP contribution in [0.3, 0.4) is 0 Å². The van der Waals surface area contributed by atoms with Crippen molar-refractivity contribution in [3.8, 4) is 0 Å². The van der Waals surface area contributed by atoms with Gasteiger partial charge in [-0.3, -0.25) is 14.9 Å². The lowest BCUT2D eigenvalue weighted by molar-refractivity contribution is -0.384. The Balaban J connectivity index is 1.56. The van der Waals surface area contributed by atoms with Gasteiger partial charge < -0.3 is 11.2 Å². The molecule has 31 heavy (non-hydrogen) atoms. The number of rotatable bonds is 8. The van der Waals surface area contributed by atoms with Gasteiger partial charge in [-0.05, 0) is 12.1 Å². The van der Waals surface area contributed by atoms with Gasteiger partial charge >= 0.3 is 0 Å². The van der Waals surface area contributed by atoms with Crippen LogP contribution in [0, 0.1) is 10.1 Å². The van der Waals surface area contributed by atoms with Crippen LogP contribution >= 0.6 is 35.0 Å². The van der Waals surface area contributed by atoms with Crippen LogP contribution in [0.4, 0.5) is 17.3 Å². The van der Waals surface area contributed by atoms with Crippen LogP contribution in [0.2, 0.25) is 10.0 Å². The molecule has 0 saturated heterocycles. The van der Waals surface area contributed by atoms with E-state index in [1.54, 1.807) is 24.3 Å². The Morgan fingerprint density at radius 2 is 2.06 bits per heavy atom. The van der Waals surface area contributed by atoms with E-state index in [1.807, 2.05) is 0 Å². The van der Waals surface area contributed by atoms with Gasteiger partial charge in [0.2, 0.25) is 11.1 Å². The fraction of sp³-hybridized carbons (Fsp3) is 0.0588. The number of hydrogen-bond acceptors (Lipinski definition) is 9. The number of non-ortho nitro benzene ring substituents is 1. The van der Waals surface area contributed by atoms with Crippen molar-refractivity contribution in [3.05, 3.63) is 68.2 Å². The molecule has 0 aliphatic carbocycles. The first-order valence-corrected chi connectivity index (χ1v) is 10.2. The minimum Gasteiger partial charge on any atom is -0.334 e. The molecule has 14 heteroatoms. The van der Waals surface area contributed by atoms with Gasteiger partial charge in [0.15, 0.2) is 0 Å². The fourth-order valence-corrected chi connectivity index (χ4v) is 3.27. The van der Waals surface area contributed by atoms with E-state index in [9.17, 15) is 14.9 Å². The van der Waals surface area contributed by atoms with E-state index in [4.69, 9.17) is 29.0 Å². The molecule has 1 heterocycles. The van der Waals surface area contributed by atoms with Gasteiger partial charge in [-0.15, -0.1) is 10.2 Å². The first-order valence-electron chi connectivity index (χ1n) is 8.46. The van der Waals surface area contributed by atoms with Crippen LogP contribution in [-0.2, 0) is 4.79 Å².